The third-order valence-corrected chi connectivity index (χ3v) is 2.58. The predicted octanol–water partition coefficient (Wildman–Crippen LogP) is -0.482. The molecule has 5 N–H and O–H groups in total. The van der Waals surface area contributed by atoms with Crippen LogP contribution in [0.2, 0.25) is 0 Å². The molecule has 0 fully saturated rings. The minimum atomic E-state index is -1.34. The zero-order valence-corrected chi connectivity index (χ0v) is 10.9. The number of nitrogens with two attached hydrogens (primary N) is 1. The maximum atomic E-state index is 11.6. The maximum absolute atomic E-state index is 11.6. The van der Waals surface area contributed by atoms with Crippen molar-refractivity contribution in [3.8, 4) is 0 Å². The number of aromatic nitrogens is 1. The van der Waals surface area contributed by atoms with Crippen molar-refractivity contribution in [2.45, 2.75) is 25.9 Å². The van der Waals surface area contributed by atoms with E-state index in [0.29, 0.717) is 0 Å². The highest BCUT2D eigenvalue weighted by atomic mass is 16.4. The summed E-state index contributed by atoms with van der Waals surface area (Å²) in [5, 5.41) is 13.5. The van der Waals surface area contributed by atoms with Gasteiger partial charge in [0.1, 0.15) is 6.04 Å². The Morgan fingerprint density at radius 1 is 1.45 bits per heavy atom. The van der Waals surface area contributed by atoms with E-state index in [1.54, 1.807) is 18.5 Å². The van der Waals surface area contributed by atoms with Gasteiger partial charge in [-0.05, 0) is 24.1 Å². The number of carboxylic acid groups (broad SMARTS) is 1. The Labute approximate surface area is 115 Å². The molecule has 0 aliphatic rings. The molecule has 0 aliphatic heterocycles. The van der Waals surface area contributed by atoms with Gasteiger partial charge in [0.25, 0.3) is 0 Å². The van der Waals surface area contributed by atoms with Gasteiger partial charge >= 0.3 is 12.0 Å². The number of urea groups is 1. The Balaban J connectivity index is 2.52. The lowest BCUT2D eigenvalue weighted by atomic mass is 10.1. The van der Waals surface area contributed by atoms with Gasteiger partial charge < -0.3 is 21.5 Å². The van der Waals surface area contributed by atoms with Gasteiger partial charge in [0.05, 0.1) is 6.42 Å². The van der Waals surface area contributed by atoms with E-state index in [9.17, 15) is 14.4 Å². The van der Waals surface area contributed by atoms with Gasteiger partial charge in [0, 0.05) is 18.9 Å². The van der Waals surface area contributed by atoms with Gasteiger partial charge in [0.15, 0.2) is 0 Å². The van der Waals surface area contributed by atoms with Gasteiger partial charge in [-0.1, -0.05) is 0 Å². The lowest BCUT2D eigenvalue weighted by molar-refractivity contribution is -0.140. The fraction of sp³-hybridized carbons (Fsp3) is 0.333. The van der Waals surface area contributed by atoms with Gasteiger partial charge in [-0.15, -0.1) is 0 Å². The molecule has 0 aliphatic carbocycles. The van der Waals surface area contributed by atoms with Crippen LogP contribution in [0.4, 0.5) is 4.79 Å². The molecule has 3 amide bonds. The Morgan fingerprint density at radius 2 is 2.15 bits per heavy atom. The molecule has 8 heteroatoms. The van der Waals surface area contributed by atoms with Crippen molar-refractivity contribution in [2.24, 2.45) is 5.73 Å². The second kappa shape index (κ2) is 7.07. The Kier molecular flexibility index (Phi) is 5.45. The third kappa shape index (κ3) is 4.92. The average Bonchev–Trinajstić information content (AvgIpc) is 2.36. The van der Waals surface area contributed by atoms with Crippen LogP contribution in [0.3, 0.4) is 0 Å². The largest absolute Gasteiger partial charge is 0.480 e. The Morgan fingerprint density at radius 3 is 2.70 bits per heavy atom. The summed E-state index contributed by atoms with van der Waals surface area (Å²) in [6.45, 7) is 2.07. The number of carbonyl (C=O) groups excluding carboxylic acids is 2. The number of pyridine rings is 1. The van der Waals surface area contributed by atoms with Crippen molar-refractivity contribution in [1.29, 1.82) is 0 Å². The fourth-order valence-electron chi connectivity index (χ4n) is 1.49. The molecule has 1 heterocycles. The molecule has 1 rings (SSSR count). The molecule has 0 bridgehead atoms. The van der Waals surface area contributed by atoms with Crippen LogP contribution in [0.15, 0.2) is 18.5 Å². The van der Waals surface area contributed by atoms with Crippen molar-refractivity contribution in [2.75, 3.05) is 0 Å². The van der Waals surface area contributed by atoms with Crippen molar-refractivity contribution >= 4 is 17.9 Å². The molecular weight excluding hydrogens is 264 g/mol. The predicted molar refractivity (Wildman–Crippen MR) is 69.6 cm³/mol. The normalized spacial score (nSPS) is 11.4. The summed E-state index contributed by atoms with van der Waals surface area (Å²) in [5.74, 6) is -2.12. The minimum Gasteiger partial charge on any atom is -0.480 e. The molecule has 1 aromatic rings. The summed E-state index contributed by atoms with van der Waals surface area (Å²) in [7, 11) is 0. The van der Waals surface area contributed by atoms with Crippen LogP contribution >= 0.6 is 0 Å². The monoisotopic (exact) mass is 280 g/mol. The number of aryl methyl sites for hydroxylation is 1. The number of nitrogens with zero attached hydrogens (tertiary/aromatic N) is 1. The molecule has 1 aromatic heterocycles. The summed E-state index contributed by atoms with van der Waals surface area (Å²) in [6.07, 6.45) is 2.79. The number of primary amides is 1. The van der Waals surface area contributed by atoms with E-state index in [1.807, 2.05) is 6.92 Å². The smallest absolute Gasteiger partial charge is 0.326 e. The van der Waals surface area contributed by atoms with Gasteiger partial charge in [-0.25, -0.2) is 9.59 Å². The number of rotatable bonds is 6. The summed E-state index contributed by atoms with van der Waals surface area (Å²) in [5.41, 5.74) is 6.67. The standard InChI is InChI=1S/C12H16N4O4/c1-7-5-14-3-2-8(7)6-15-12(20)16-9(11(18)19)4-10(13)17/h2-3,5,9H,4,6H2,1H3,(H2,13,17)(H,18,19)(H2,15,16,20). The lowest BCUT2D eigenvalue weighted by Gasteiger charge is -2.14. The Hall–Kier alpha value is -2.64. The molecule has 1 unspecified atom stereocenters. The highest BCUT2D eigenvalue weighted by molar-refractivity contribution is 5.87. The number of aliphatic carboxylic acids is 1. The highest BCUT2D eigenvalue weighted by Gasteiger charge is 2.21. The van der Waals surface area contributed by atoms with E-state index in [0.717, 1.165) is 11.1 Å². The first-order valence-corrected chi connectivity index (χ1v) is 5.85. The molecule has 8 nitrogen and oxygen atoms in total. The minimum absolute atomic E-state index is 0.225. The number of carboxylic acids is 1. The zero-order chi connectivity index (χ0) is 15.1. The molecule has 0 saturated heterocycles. The van der Waals surface area contributed by atoms with Crippen LogP contribution in [0.25, 0.3) is 0 Å². The number of carbonyl (C=O) groups is 3. The number of amides is 3. The second-order valence-electron chi connectivity index (χ2n) is 4.19. The topological polar surface area (TPSA) is 134 Å². The third-order valence-electron chi connectivity index (χ3n) is 2.58. The molecule has 1 atom stereocenters. The molecule has 0 spiro atoms. The zero-order valence-electron chi connectivity index (χ0n) is 10.9. The van der Waals surface area contributed by atoms with Crippen LogP contribution in [0, 0.1) is 6.92 Å². The Bertz CT molecular complexity index is 518. The summed E-state index contributed by atoms with van der Waals surface area (Å²) >= 11 is 0. The molecule has 0 radical (unpaired) electrons. The van der Waals surface area contributed by atoms with Crippen molar-refractivity contribution in [3.05, 3.63) is 29.6 Å². The molecule has 0 aromatic carbocycles. The number of hydrogen-bond acceptors (Lipinski definition) is 4. The first-order chi connectivity index (χ1) is 9.40. The van der Waals surface area contributed by atoms with E-state index in [2.05, 4.69) is 15.6 Å². The first kappa shape index (κ1) is 15.4. The number of nitrogens with one attached hydrogen (secondary N) is 2. The molecule has 0 saturated carbocycles. The van der Waals surface area contributed by atoms with Gasteiger partial charge in [-0.2, -0.15) is 0 Å². The van der Waals surface area contributed by atoms with Crippen LogP contribution in [-0.4, -0.2) is 34.0 Å². The summed E-state index contributed by atoms with van der Waals surface area (Å²) < 4.78 is 0. The summed E-state index contributed by atoms with van der Waals surface area (Å²) in [4.78, 5) is 37.0. The fourth-order valence-corrected chi connectivity index (χ4v) is 1.49. The van der Waals surface area contributed by atoms with Crippen LogP contribution < -0.4 is 16.4 Å². The molecular formula is C12H16N4O4. The first-order valence-electron chi connectivity index (χ1n) is 5.85. The van der Waals surface area contributed by atoms with E-state index >= 15 is 0 Å². The SMILES string of the molecule is Cc1cnccc1CNC(=O)NC(CC(N)=O)C(=O)O. The van der Waals surface area contributed by atoms with E-state index in [1.165, 1.54) is 0 Å². The maximum Gasteiger partial charge on any atom is 0.326 e. The summed E-state index contributed by atoms with van der Waals surface area (Å²) in [6, 6.07) is -0.283. The van der Waals surface area contributed by atoms with Gasteiger partial charge in [0.2, 0.25) is 5.91 Å². The average molecular weight is 280 g/mol. The van der Waals surface area contributed by atoms with Crippen molar-refractivity contribution in [3.63, 3.8) is 0 Å². The number of hydrogen-bond donors (Lipinski definition) is 4. The van der Waals surface area contributed by atoms with Crippen molar-refractivity contribution < 1.29 is 19.5 Å². The molecule has 20 heavy (non-hydrogen) atoms. The van der Waals surface area contributed by atoms with Crippen LogP contribution in [0.1, 0.15) is 17.5 Å². The van der Waals surface area contributed by atoms with Crippen molar-refractivity contribution in [1.82, 2.24) is 15.6 Å². The van der Waals surface area contributed by atoms with Gasteiger partial charge in [-0.3, -0.25) is 9.78 Å². The van der Waals surface area contributed by atoms with E-state index < -0.39 is 30.4 Å². The van der Waals surface area contributed by atoms with Crippen LogP contribution in [0.5, 0.6) is 0 Å². The second-order valence-corrected chi connectivity index (χ2v) is 4.19. The quantitative estimate of drug-likeness (QED) is 0.558. The van der Waals surface area contributed by atoms with Crippen LogP contribution in [-0.2, 0) is 16.1 Å². The molecule has 108 valence electrons. The van der Waals surface area contributed by atoms with E-state index in [4.69, 9.17) is 10.8 Å². The highest BCUT2D eigenvalue weighted by Crippen LogP contribution is 2.03. The van der Waals surface area contributed by atoms with E-state index in [-0.39, 0.29) is 6.54 Å². The lowest BCUT2D eigenvalue weighted by Crippen LogP contribution is -2.47.